The maximum Gasteiger partial charge on any atom is 0.00749 e. The SMILES string of the molecule is CCCC[C@H]1CC[C@H]2C3CCC4CCCCC4(C)C3CCC12C.CPO. The van der Waals surface area contributed by atoms with E-state index in [0.717, 1.165) is 35.0 Å². The number of hydrogen-bond donors (Lipinski definition) is 1. The van der Waals surface area contributed by atoms with E-state index in [4.69, 9.17) is 4.89 Å². The van der Waals surface area contributed by atoms with Crippen LogP contribution < -0.4 is 0 Å². The van der Waals surface area contributed by atoms with E-state index in [1.807, 2.05) is 0 Å². The molecule has 0 amide bonds. The van der Waals surface area contributed by atoms with Gasteiger partial charge in [0, 0.05) is 8.81 Å². The van der Waals surface area contributed by atoms with Gasteiger partial charge >= 0.3 is 0 Å². The third kappa shape index (κ3) is 3.66. The van der Waals surface area contributed by atoms with Gasteiger partial charge in [-0.3, -0.25) is 0 Å². The van der Waals surface area contributed by atoms with E-state index in [1.54, 1.807) is 58.0 Å². The first-order chi connectivity index (χ1) is 12.5. The van der Waals surface area contributed by atoms with Crippen molar-refractivity contribution in [2.45, 2.75) is 104 Å². The summed E-state index contributed by atoms with van der Waals surface area (Å²) in [4.78, 5) is 7.60. The highest BCUT2D eigenvalue weighted by molar-refractivity contribution is 7.29. The first kappa shape index (κ1) is 21.1. The fourth-order valence-electron chi connectivity index (χ4n) is 8.33. The first-order valence-electron chi connectivity index (χ1n) is 11.8. The van der Waals surface area contributed by atoms with Crippen LogP contribution in [-0.2, 0) is 0 Å². The normalized spacial score (nSPS) is 47.7. The molecule has 0 aromatic heterocycles. The Hall–Kier alpha value is 0.390. The van der Waals surface area contributed by atoms with Crippen molar-refractivity contribution in [1.82, 2.24) is 0 Å². The van der Waals surface area contributed by atoms with Gasteiger partial charge in [0.15, 0.2) is 0 Å². The fraction of sp³-hybridized carbons (Fsp3) is 1.00. The maximum atomic E-state index is 7.60. The van der Waals surface area contributed by atoms with Crippen molar-refractivity contribution in [3.05, 3.63) is 0 Å². The summed E-state index contributed by atoms with van der Waals surface area (Å²) in [5, 5.41) is 0. The lowest BCUT2D eigenvalue weighted by Crippen LogP contribution is -2.52. The summed E-state index contributed by atoms with van der Waals surface area (Å²) in [6.07, 6.45) is 20.0. The number of rotatable bonds is 3. The summed E-state index contributed by atoms with van der Waals surface area (Å²) in [5.41, 5.74) is 1.44. The van der Waals surface area contributed by atoms with Gasteiger partial charge in [0.05, 0.1) is 0 Å². The molecule has 4 saturated carbocycles. The van der Waals surface area contributed by atoms with Gasteiger partial charge < -0.3 is 4.89 Å². The van der Waals surface area contributed by atoms with Crippen molar-refractivity contribution in [2.75, 3.05) is 6.66 Å². The minimum absolute atomic E-state index is 0.0833. The average molecular weight is 381 g/mol. The van der Waals surface area contributed by atoms with E-state index < -0.39 is 0 Å². The molecule has 4 rings (SSSR count). The van der Waals surface area contributed by atoms with Crippen LogP contribution in [-0.4, -0.2) is 11.6 Å². The van der Waals surface area contributed by atoms with Gasteiger partial charge in [0.25, 0.3) is 0 Å². The van der Waals surface area contributed by atoms with E-state index in [-0.39, 0.29) is 8.81 Å². The molecule has 0 aliphatic heterocycles. The second-order valence-electron chi connectivity index (χ2n) is 10.6. The van der Waals surface area contributed by atoms with Gasteiger partial charge in [-0.05, 0) is 105 Å². The van der Waals surface area contributed by atoms with Crippen molar-refractivity contribution < 1.29 is 4.89 Å². The second kappa shape index (κ2) is 8.82. The van der Waals surface area contributed by atoms with Crippen molar-refractivity contribution in [1.29, 1.82) is 0 Å². The summed E-state index contributed by atoms with van der Waals surface area (Å²) < 4.78 is 0. The van der Waals surface area contributed by atoms with Gasteiger partial charge in [0.2, 0.25) is 0 Å². The third-order valence-corrected chi connectivity index (χ3v) is 9.69. The Morgan fingerprint density at radius 1 is 0.885 bits per heavy atom. The molecule has 8 atom stereocenters. The summed E-state index contributed by atoms with van der Waals surface area (Å²) >= 11 is 0. The smallest absolute Gasteiger partial charge is 0.00749 e. The molecule has 4 fully saturated rings. The van der Waals surface area contributed by atoms with Crippen LogP contribution in [0.1, 0.15) is 104 Å². The molecule has 6 unspecified atom stereocenters. The molecular weight excluding hydrogens is 335 g/mol. The van der Waals surface area contributed by atoms with Crippen LogP contribution in [0.4, 0.5) is 0 Å². The molecule has 0 heterocycles. The van der Waals surface area contributed by atoms with Crippen molar-refractivity contribution in [3.8, 4) is 0 Å². The zero-order valence-corrected chi connectivity index (χ0v) is 19.0. The van der Waals surface area contributed by atoms with Crippen LogP contribution in [0.15, 0.2) is 0 Å². The second-order valence-corrected chi connectivity index (χ2v) is 11.0. The molecule has 0 radical (unpaired) electrons. The minimum atomic E-state index is 0.0833. The number of hydrogen-bond acceptors (Lipinski definition) is 1. The van der Waals surface area contributed by atoms with Gasteiger partial charge in [-0.1, -0.05) is 46.5 Å². The molecular formula is C24H45OP. The molecule has 0 aromatic rings. The lowest BCUT2D eigenvalue weighted by Gasteiger charge is -2.60. The highest BCUT2D eigenvalue weighted by atomic mass is 31.1. The van der Waals surface area contributed by atoms with Crippen LogP contribution in [0.5, 0.6) is 0 Å². The Kier molecular flexibility index (Phi) is 7.16. The Bertz CT molecular complexity index is 451. The Morgan fingerprint density at radius 3 is 2.35 bits per heavy atom. The maximum absolute atomic E-state index is 7.60. The van der Waals surface area contributed by atoms with Crippen molar-refractivity contribution >= 4 is 8.81 Å². The van der Waals surface area contributed by atoms with E-state index in [2.05, 4.69) is 20.8 Å². The lowest BCUT2D eigenvalue weighted by atomic mass is 9.45. The van der Waals surface area contributed by atoms with E-state index in [1.165, 1.54) is 32.1 Å². The predicted octanol–water partition coefficient (Wildman–Crippen LogP) is 7.43. The molecule has 1 N–H and O–H groups in total. The predicted molar refractivity (Wildman–Crippen MR) is 116 cm³/mol. The molecule has 0 aromatic carbocycles. The number of fused-ring (bicyclic) bond motifs is 5. The molecule has 0 spiro atoms. The molecule has 0 bridgehead atoms. The Balaban J connectivity index is 0.000000613. The van der Waals surface area contributed by atoms with Crippen LogP contribution in [0, 0.1) is 40.4 Å². The summed E-state index contributed by atoms with van der Waals surface area (Å²) in [6.45, 7) is 9.52. The Morgan fingerprint density at radius 2 is 1.62 bits per heavy atom. The van der Waals surface area contributed by atoms with Crippen molar-refractivity contribution in [2.24, 2.45) is 40.4 Å². The quantitative estimate of drug-likeness (QED) is 0.505. The molecule has 1 nitrogen and oxygen atoms in total. The lowest BCUT2D eigenvalue weighted by molar-refractivity contribution is -0.111. The summed E-state index contributed by atoms with van der Waals surface area (Å²) in [7, 11) is 0.0833. The summed E-state index contributed by atoms with van der Waals surface area (Å²) in [6, 6.07) is 0. The molecule has 0 saturated heterocycles. The van der Waals surface area contributed by atoms with E-state index in [0.29, 0.717) is 5.41 Å². The van der Waals surface area contributed by atoms with Crippen LogP contribution >= 0.6 is 8.81 Å². The van der Waals surface area contributed by atoms with E-state index >= 15 is 0 Å². The Labute approximate surface area is 165 Å². The molecule has 2 heteroatoms. The fourth-order valence-corrected chi connectivity index (χ4v) is 8.33. The highest BCUT2D eigenvalue weighted by Crippen LogP contribution is 2.67. The van der Waals surface area contributed by atoms with Crippen LogP contribution in [0.2, 0.25) is 0 Å². The third-order valence-electron chi connectivity index (χ3n) is 9.69. The van der Waals surface area contributed by atoms with Crippen LogP contribution in [0.25, 0.3) is 0 Å². The molecule has 26 heavy (non-hydrogen) atoms. The number of unbranched alkanes of at least 4 members (excludes halogenated alkanes) is 1. The zero-order valence-electron chi connectivity index (χ0n) is 18.0. The standard InChI is InChI=1S/C23H40.CH5OP/c1-4-5-8-17-11-13-20-19-12-10-18-9-6-7-15-22(18,2)21(19)14-16-23(17,20)3;1-3-2/h17-21H,4-16H2,1-3H3;2-3H,1H3/t17-,18?,19?,20-,21?,22?,23?;/m0./s1. The molecule has 152 valence electrons. The van der Waals surface area contributed by atoms with Gasteiger partial charge in [-0.2, -0.15) is 0 Å². The van der Waals surface area contributed by atoms with Crippen molar-refractivity contribution in [3.63, 3.8) is 0 Å². The first-order valence-corrected chi connectivity index (χ1v) is 13.3. The molecule has 4 aliphatic carbocycles. The van der Waals surface area contributed by atoms with Gasteiger partial charge in [-0.25, -0.2) is 0 Å². The average Bonchev–Trinajstić information content (AvgIpc) is 2.96. The summed E-state index contributed by atoms with van der Waals surface area (Å²) in [5.74, 6) is 5.41. The monoisotopic (exact) mass is 380 g/mol. The highest BCUT2D eigenvalue weighted by Gasteiger charge is 2.59. The zero-order chi connectivity index (χ0) is 18.8. The molecule has 4 aliphatic rings. The van der Waals surface area contributed by atoms with Crippen LogP contribution in [0.3, 0.4) is 0 Å². The minimum Gasteiger partial charge on any atom is -0.377 e. The topological polar surface area (TPSA) is 20.2 Å². The van der Waals surface area contributed by atoms with Gasteiger partial charge in [-0.15, -0.1) is 0 Å². The van der Waals surface area contributed by atoms with Gasteiger partial charge in [0.1, 0.15) is 0 Å². The van der Waals surface area contributed by atoms with E-state index in [9.17, 15) is 0 Å². The largest absolute Gasteiger partial charge is 0.377 e.